The van der Waals surface area contributed by atoms with Crippen molar-refractivity contribution in [3.8, 4) is 0 Å². The monoisotopic (exact) mass is 254 g/mol. The number of aromatic nitrogens is 2. The van der Waals surface area contributed by atoms with Crippen molar-refractivity contribution in [1.29, 1.82) is 0 Å². The van der Waals surface area contributed by atoms with Gasteiger partial charge >= 0.3 is 0 Å². The van der Waals surface area contributed by atoms with Crippen molar-refractivity contribution >= 4 is 46.1 Å². The molecule has 5 heteroatoms. The van der Waals surface area contributed by atoms with E-state index in [4.69, 9.17) is 23.2 Å². The van der Waals surface area contributed by atoms with Gasteiger partial charge in [-0.15, -0.1) is 11.6 Å². The van der Waals surface area contributed by atoms with Crippen LogP contribution in [0.5, 0.6) is 0 Å². The second kappa shape index (κ2) is 4.68. The van der Waals surface area contributed by atoms with Gasteiger partial charge in [-0.2, -0.15) is 0 Å². The molecule has 0 saturated carbocycles. The molecule has 0 atom stereocenters. The molecule has 0 amide bonds. The summed E-state index contributed by atoms with van der Waals surface area (Å²) in [7, 11) is 0. The number of H-pyrrole nitrogens is 1. The summed E-state index contributed by atoms with van der Waals surface area (Å²) in [6, 6.07) is 1.71. The molecule has 1 N–H and O–H groups in total. The molecular weight excluding hydrogens is 247 g/mol. The van der Waals surface area contributed by atoms with E-state index in [0.717, 1.165) is 10.9 Å². The van der Waals surface area contributed by atoms with Crippen LogP contribution >= 0.6 is 23.2 Å². The van der Waals surface area contributed by atoms with Crippen molar-refractivity contribution in [2.75, 3.05) is 5.88 Å². The number of rotatable bonds is 3. The maximum absolute atomic E-state index is 11.1. The number of pyridine rings is 1. The van der Waals surface area contributed by atoms with Crippen LogP contribution in [-0.4, -0.2) is 21.6 Å². The van der Waals surface area contributed by atoms with Gasteiger partial charge in [-0.05, 0) is 18.2 Å². The highest BCUT2D eigenvalue weighted by molar-refractivity contribution is 6.36. The third-order valence-electron chi connectivity index (χ3n) is 2.13. The maximum Gasteiger partial charge on any atom is 0.170 e. The molecule has 2 aromatic heterocycles. The van der Waals surface area contributed by atoms with Gasteiger partial charge in [0.05, 0.1) is 10.9 Å². The number of fused-ring (bicyclic) bond motifs is 1. The zero-order valence-corrected chi connectivity index (χ0v) is 9.72. The van der Waals surface area contributed by atoms with E-state index >= 15 is 0 Å². The minimum Gasteiger partial charge on any atom is -0.345 e. The molecular formula is C11H8Cl2N2O. The van der Waals surface area contributed by atoms with E-state index in [0.29, 0.717) is 10.7 Å². The summed E-state index contributed by atoms with van der Waals surface area (Å²) in [4.78, 5) is 18.2. The first-order valence-corrected chi connectivity index (χ1v) is 5.52. The van der Waals surface area contributed by atoms with Crippen molar-refractivity contribution in [2.24, 2.45) is 0 Å². The van der Waals surface area contributed by atoms with Gasteiger partial charge in [0.25, 0.3) is 0 Å². The Balaban J connectivity index is 2.46. The van der Waals surface area contributed by atoms with Crippen LogP contribution in [0.3, 0.4) is 0 Å². The van der Waals surface area contributed by atoms with E-state index < -0.39 is 0 Å². The number of nitrogens with one attached hydrogen (secondary N) is 1. The van der Waals surface area contributed by atoms with Gasteiger partial charge in [-0.3, -0.25) is 4.79 Å². The third-order valence-corrected chi connectivity index (χ3v) is 2.71. The number of carbonyl (C=O) groups is 1. The highest BCUT2D eigenvalue weighted by Crippen LogP contribution is 2.25. The van der Waals surface area contributed by atoms with Gasteiger partial charge in [-0.25, -0.2) is 4.98 Å². The Morgan fingerprint density at radius 2 is 2.38 bits per heavy atom. The largest absolute Gasteiger partial charge is 0.345 e. The van der Waals surface area contributed by atoms with Crippen molar-refractivity contribution in [2.45, 2.75) is 0 Å². The zero-order valence-electron chi connectivity index (χ0n) is 8.21. The summed E-state index contributed by atoms with van der Waals surface area (Å²) in [5.41, 5.74) is 1.53. The Hall–Kier alpha value is -1.32. The van der Waals surface area contributed by atoms with Crippen LogP contribution < -0.4 is 0 Å². The molecule has 0 spiro atoms. The number of halogens is 2. The number of allylic oxidation sites excluding steroid dienone is 1. The number of hydrogen-bond donors (Lipinski definition) is 1. The van der Waals surface area contributed by atoms with Crippen LogP contribution in [0.4, 0.5) is 0 Å². The number of alkyl halides is 1. The molecule has 3 nitrogen and oxygen atoms in total. The SMILES string of the molecule is O=C(/C=C/c1c[nH]c2nccc(Cl)c12)CCl. The average Bonchev–Trinajstić information content (AvgIpc) is 2.70. The van der Waals surface area contributed by atoms with E-state index in [9.17, 15) is 4.79 Å². The number of ketones is 1. The molecule has 2 rings (SSSR count). The predicted molar refractivity (Wildman–Crippen MR) is 65.9 cm³/mol. The minimum absolute atomic E-state index is 0.0230. The fraction of sp³-hybridized carbons (Fsp3) is 0.0909. The minimum atomic E-state index is -0.143. The van der Waals surface area contributed by atoms with Gasteiger partial charge in [0.15, 0.2) is 5.78 Å². The lowest BCUT2D eigenvalue weighted by atomic mass is 10.2. The number of nitrogens with zero attached hydrogens (tertiary/aromatic N) is 1. The van der Waals surface area contributed by atoms with Crippen molar-refractivity contribution in [3.63, 3.8) is 0 Å². The molecule has 0 fully saturated rings. The normalized spacial score (nSPS) is 11.4. The first kappa shape index (κ1) is 11.2. The number of hydrogen-bond acceptors (Lipinski definition) is 2. The Bertz CT molecular complexity index is 560. The van der Waals surface area contributed by atoms with Crippen LogP contribution in [0.2, 0.25) is 5.02 Å². The highest BCUT2D eigenvalue weighted by atomic mass is 35.5. The highest BCUT2D eigenvalue weighted by Gasteiger charge is 2.05. The molecule has 2 heterocycles. The summed E-state index contributed by atoms with van der Waals surface area (Å²) >= 11 is 11.4. The quantitative estimate of drug-likeness (QED) is 0.676. The molecule has 0 aliphatic carbocycles. The molecule has 0 radical (unpaired) electrons. The Labute approximate surface area is 102 Å². The summed E-state index contributed by atoms with van der Waals surface area (Å²) < 4.78 is 0. The van der Waals surface area contributed by atoms with Crippen LogP contribution in [0.15, 0.2) is 24.5 Å². The van der Waals surface area contributed by atoms with E-state index in [1.165, 1.54) is 6.08 Å². The smallest absolute Gasteiger partial charge is 0.170 e. The fourth-order valence-electron chi connectivity index (χ4n) is 1.40. The molecule has 0 aliphatic rings. The van der Waals surface area contributed by atoms with Crippen molar-refractivity contribution in [3.05, 3.63) is 35.1 Å². The van der Waals surface area contributed by atoms with Crippen LogP contribution in [0.1, 0.15) is 5.56 Å². The maximum atomic E-state index is 11.1. The van der Waals surface area contributed by atoms with Gasteiger partial charge in [0.2, 0.25) is 0 Å². The summed E-state index contributed by atoms with van der Waals surface area (Å²) in [6.45, 7) is 0. The Morgan fingerprint density at radius 1 is 1.56 bits per heavy atom. The van der Waals surface area contributed by atoms with Crippen LogP contribution in [0, 0.1) is 0 Å². The summed E-state index contributed by atoms with van der Waals surface area (Å²) in [5.74, 6) is -0.166. The van der Waals surface area contributed by atoms with Gasteiger partial charge in [0, 0.05) is 23.3 Å². The molecule has 0 unspecified atom stereocenters. The predicted octanol–water partition coefficient (Wildman–Crippen LogP) is 3.04. The van der Waals surface area contributed by atoms with Crippen molar-refractivity contribution < 1.29 is 4.79 Å². The fourth-order valence-corrected chi connectivity index (χ4v) is 1.74. The van der Waals surface area contributed by atoms with Gasteiger partial charge in [-0.1, -0.05) is 11.6 Å². The second-order valence-corrected chi connectivity index (χ2v) is 3.87. The molecule has 16 heavy (non-hydrogen) atoms. The first-order chi connectivity index (χ1) is 7.72. The lowest BCUT2D eigenvalue weighted by molar-refractivity contribution is -0.112. The Morgan fingerprint density at radius 3 is 3.12 bits per heavy atom. The number of aromatic amines is 1. The second-order valence-electron chi connectivity index (χ2n) is 3.19. The Kier molecular flexibility index (Phi) is 3.27. The number of carbonyl (C=O) groups excluding carboxylic acids is 1. The molecule has 2 aromatic rings. The van der Waals surface area contributed by atoms with Gasteiger partial charge in [0.1, 0.15) is 5.65 Å². The summed E-state index contributed by atoms with van der Waals surface area (Å²) in [6.07, 6.45) is 6.48. The molecule has 0 bridgehead atoms. The molecule has 82 valence electrons. The van der Waals surface area contributed by atoms with E-state index in [1.807, 2.05) is 0 Å². The zero-order chi connectivity index (χ0) is 11.5. The topological polar surface area (TPSA) is 45.8 Å². The average molecular weight is 255 g/mol. The van der Waals surface area contributed by atoms with Crippen LogP contribution in [-0.2, 0) is 4.79 Å². The van der Waals surface area contributed by atoms with E-state index in [1.54, 1.807) is 24.5 Å². The van der Waals surface area contributed by atoms with E-state index in [-0.39, 0.29) is 11.7 Å². The lowest BCUT2D eigenvalue weighted by Crippen LogP contribution is -1.91. The van der Waals surface area contributed by atoms with Crippen molar-refractivity contribution in [1.82, 2.24) is 9.97 Å². The van der Waals surface area contributed by atoms with Crippen LogP contribution in [0.25, 0.3) is 17.1 Å². The molecule has 0 saturated heterocycles. The summed E-state index contributed by atoms with van der Waals surface area (Å²) in [5, 5.41) is 1.41. The first-order valence-electron chi connectivity index (χ1n) is 4.61. The molecule has 0 aromatic carbocycles. The standard InChI is InChI=1S/C11H8Cl2N2O/c12-5-8(16)2-1-7-6-15-11-10(7)9(13)3-4-14-11/h1-4,6H,5H2,(H,14,15)/b2-1+. The van der Waals surface area contributed by atoms with Gasteiger partial charge < -0.3 is 4.98 Å². The lowest BCUT2D eigenvalue weighted by Gasteiger charge is -1.94. The third kappa shape index (κ3) is 2.10. The molecule has 0 aliphatic heterocycles. The van der Waals surface area contributed by atoms with E-state index in [2.05, 4.69) is 9.97 Å².